The summed E-state index contributed by atoms with van der Waals surface area (Å²) >= 11 is 3.64. The second-order valence-corrected chi connectivity index (χ2v) is 9.50. The average Bonchev–Trinajstić information content (AvgIpc) is 3.63. The Morgan fingerprint density at radius 3 is 2.66 bits per heavy atom. The van der Waals surface area contributed by atoms with Crippen LogP contribution in [0.15, 0.2) is 29.0 Å². The molecule has 2 saturated carbocycles. The fraction of sp³-hybridized carbons (Fsp3) is 0.435. The van der Waals surface area contributed by atoms with E-state index < -0.39 is 12.1 Å². The highest BCUT2D eigenvalue weighted by atomic mass is 79.9. The number of hydrogen-bond donors (Lipinski definition) is 1. The Morgan fingerprint density at radius 1 is 1.19 bits per heavy atom. The minimum atomic E-state index is -0.641. The first-order valence-corrected chi connectivity index (χ1v) is 11.7. The third kappa shape index (κ3) is 4.67. The molecule has 2 aliphatic carbocycles. The van der Waals surface area contributed by atoms with Crippen LogP contribution in [-0.2, 0) is 20.7 Å². The summed E-state index contributed by atoms with van der Waals surface area (Å²) in [5.74, 6) is 1.18. The van der Waals surface area contributed by atoms with Crippen LogP contribution in [-0.4, -0.2) is 31.2 Å². The van der Waals surface area contributed by atoms with E-state index in [-0.39, 0.29) is 11.8 Å². The number of rotatable bonds is 7. The van der Waals surface area contributed by atoms with Crippen LogP contribution in [0.3, 0.4) is 0 Å². The molecule has 166 valence electrons. The molecule has 3 heterocycles. The first-order valence-electron chi connectivity index (χ1n) is 10.9. The van der Waals surface area contributed by atoms with Gasteiger partial charge in [0, 0.05) is 37.7 Å². The molecule has 5 rings (SSSR count). The van der Waals surface area contributed by atoms with Crippen LogP contribution in [0.2, 0.25) is 0 Å². The Balaban J connectivity index is 1.43. The summed E-state index contributed by atoms with van der Waals surface area (Å²) in [6.45, 7) is 3.13. The molecule has 0 aromatic carbocycles. The van der Waals surface area contributed by atoms with E-state index in [2.05, 4.69) is 43.5 Å². The van der Waals surface area contributed by atoms with Crippen molar-refractivity contribution in [2.45, 2.75) is 58.0 Å². The molecule has 0 saturated heterocycles. The van der Waals surface area contributed by atoms with Crippen molar-refractivity contribution in [2.24, 2.45) is 5.92 Å². The molecule has 1 unspecified atom stereocenters. The van der Waals surface area contributed by atoms with Crippen LogP contribution in [0.1, 0.15) is 67.4 Å². The standard InChI is InChI=1S/C23H24BrN5O3/c1-12-25-19(9-21(26-12)28-23(31)15-5-6-15)20(32-13(2)30)8-17-11-29-10-16(14-3-4-14)7-18(24)22(29)27-17/h7,9-11,14-15,20H,3-6,8H2,1-2H3,(H,25,26,28,31). The minimum Gasteiger partial charge on any atom is -0.456 e. The molecule has 32 heavy (non-hydrogen) atoms. The number of hydrogen-bond acceptors (Lipinski definition) is 6. The van der Waals surface area contributed by atoms with Crippen LogP contribution in [0.4, 0.5) is 5.82 Å². The summed E-state index contributed by atoms with van der Waals surface area (Å²) in [5.41, 5.74) is 3.44. The van der Waals surface area contributed by atoms with Crippen LogP contribution in [0, 0.1) is 12.8 Å². The van der Waals surface area contributed by atoms with Gasteiger partial charge in [0.1, 0.15) is 17.7 Å². The lowest BCUT2D eigenvalue weighted by atomic mass is 10.1. The van der Waals surface area contributed by atoms with Crippen molar-refractivity contribution in [2.75, 3.05) is 5.32 Å². The van der Waals surface area contributed by atoms with E-state index >= 15 is 0 Å². The first kappa shape index (κ1) is 21.1. The van der Waals surface area contributed by atoms with Crippen LogP contribution in [0.25, 0.3) is 5.65 Å². The lowest BCUT2D eigenvalue weighted by Crippen LogP contribution is -2.18. The number of ether oxygens (including phenoxy) is 1. The molecule has 0 radical (unpaired) electrons. The highest BCUT2D eigenvalue weighted by molar-refractivity contribution is 9.10. The second-order valence-electron chi connectivity index (χ2n) is 8.65. The fourth-order valence-corrected chi connectivity index (χ4v) is 4.41. The predicted molar refractivity (Wildman–Crippen MR) is 121 cm³/mol. The number of carbonyl (C=O) groups excluding carboxylic acids is 2. The number of anilines is 1. The zero-order valence-electron chi connectivity index (χ0n) is 18.0. The minimum absolute atomic E-state index is 0.0326. The van der Waals surface area contributed by atoms with Gasteiger partial charge in [-0.15, -0.1) is 0 Å². The number of pyridine rings is 1. The van der Waals surface area contributed by atoms with Crippen LogP contribution < -0.4 is 5.32 Å². The largest absolute Gasteiger partial charge is 0.456 e. The van der Waals surface area contributed by atoms with Crippen molar-refractivity contribution in [3.63, 3.8) is 0 Å². The van der Waals surface area contributed by atoms with Gasteiger partial charge in [-0.05, 0) is 66.1 Å². The van der Waals surface area contributed by atoms with E-state index in [1.54, 1.807) is 13.0 Å². The Kier molecular flexibility index (Phi) is 5.44. The Hall–Kier alpha value is -2.81. The van der Waals surface area contributed by atoms with Crippen molar-refractivity contribution in [1.29, 1.82) is 0 Å². The summed E-state index contributed by atoms with van der Waals surface area (Å²) in [4.78, 5) is 37.6. The van der Waals surface area contributed by atoms with Gasteiger partial charge in [-0.3, -0.25) is 9.59 Å². The monoisotopic (exact) mass is 497 g/mol. The Morgan fingerprint density at radius 2 is 1.97 bits per heavy atom. The molecule has 3 aromatic rings. The van der Waals surface area contributed by atoms with Gasteiger partial charge >= 0.3 is 5.97 Å². The maximum Gasteiger partial charge on any atom is 0.303 e. The molecule has 0 bridgehead atoms. The van der Waals surface area contributed by atoms with E-state index in [0.29, 0.717) is 29.7 Å². The van der Waals surface area contributed by atoms with Crippen molar-refractivity contribution in [3.05, 3.63) is 51.8 Å². The van der Waals surface area contributed by atoms with E-state index in [9.17, 15) is 9.59 Å². The fourth-order valence-electron chi connectivity index (χ4n) is 3.86. The van der Waals surface area contributed by atoms with E-state index in [1.165, 1.54) is 25.3 Å². The lowest BCUT2D eigenvalue weighted by molar-refractivity contribution is -0.146. The molecule has 1 amide bonds. The van der Waals surface area contributed by atoms with Crippen LogP contribution in [0.5, 0.6) is 0 Å². The summed E-state index contributed by atoms with van der Waals surface area (Å²) in [6, 6.07) is 3.81. The van der Waals surface area contributed by atoms with E-state index in [0.717, 1.165) is 28.7 Å². The van der Waals surface area contributed by atoms with Crippen molar-refractivity contribution in [1.82, 2.24) is 19.4 Å². The molecule has 9 heteroatoms. The molecular formula is C23H24BrN5O3. The average molecular weight is 498 g/mol. The number of amides is 1. The Bertz CT molecular complexity index is 1220. The van der Waals surface area contributed by atoms with Crippen LogP contribution >= 0.6 is 15.9 Å². The third-order valence-electron chi connectivity index (χ3n) is 5.72. The van der Waals surface area contributed by atoms with Gasteiger partial charge < -0.3 is 14.5 Å². The normalized spacial score (nSPS) is 16.7. The third-order valence-corrected chi connectivity index (χ3v) is 6.30. The molecule has 2 fully saturated rings. The van der Waals surface area contributed by atoms with Gasteiger partial charge in [-0.25, -0.2) is 15.0 Å². The SMILES string of the molecule is CC(=O)OC(Cc1cn2cc(C3CC3)cc(Br)c2n1)c1cc(NC(=O)C2CC2)nc(C)n1. The van der Waals surface area contributed by atoms with E-state index in [4.69, 9.17) is 9.72 Å². The number of nitrogens with one attached hydrogen (secondary N) is 1. The zero-order valence-corrected chi connectivity index (χ0v) is 19.6. The summed E-state index contributed by atoms with van der Waals surface area (Å²) in [5, 5.41) is 2.85. The highest BCUT2D eigenvalue weighted by Crippen LogP contribution is 2.41. The number of halogens is 1. The zero-order chi connectivity index (χ0) is 22.4. The van der Waals surface area contributed by atoms with Gasteiger partial charge in [0.05, 0.1) is 15.9 Å². The quantitative estimate of drug-likeness (QED) is 0.489. The first-order chi connectivity index (χ1) is 15.4. The number of esters is 1. The van der Waals surface area contributed by atoms with Gasteiger partial charge in [-0.2, -0.15) is 0 Å². The molecule has 1 atom stereocenters. The van der Waals surface area contributed by atoms with Gasteiger partial charge in [0.25, 0.3) is 0 Å². The van der Waals surface area contributed by atoms with Gasteiger partial charge in [0.2, 0.25) is 5.91 Å². The van der Waals surface area contributed by atoms with Gasteiger partial charge in [0.15, 0.2) is 5.65 Å². The molecular weight excluding hydrogens is 474 g/mol. The maximum absolute atomic E-state index is 12.2. The number of aromatic nitrogens is 4. The summed E-state index contributed by atoms with van der Waals surface area (Å²) in [6.07, 6.45) is 8.06. The highest BCUT2D eigenvalue weighted by Gasteiger charge is 2.30. The molecule has 1 N–H and O–H groups in total. The predicted octanol–water partition coefficient (Wildman–Crippen LogP) is 4.27. The molecule has 8 nitrogen and oxygen atoms in total. The van der Waals surface area contributed by atoms with Crippen molar-refractivity contribution >= 4 is 39.3 Å². The maximum atomic E-state index is 12.2. The molecule has 2 aliphatic rings. The summed E-state index contributed by atoms with van der Waals surface area (Å²) in [7, 11) is 0. The Labute approximate surface area is 193 Å². The number of imidazole rings is 1. The summed E-state index contributed by atoms with van der Waals surface area (Å²) < 4.78 is 8.57. The van der Waals surface area contributed by atoms with E-state index in [1.807, 2.05) is 10.6 Å². The number of nitrogens with zero attached hydrogens (tertiary/aromatic N) is 4. The lowest BCUT2D eigenvalue weighted by Gasteiger charge is -2.17. The number of fused-ring (bicyclic) bond motifs is 1. The molecule has 0 spiro atoms. The number of carbonyl (C=O) groups is 2. The van der Waals surface area contributed by atoms with Gasteiger partial charge in [-0.1, -0.05) is 0 Å². The smallest absolute Gasteiger partial charge is 0.303 e. The molecule has 3 aromatic heterocycles. The van der Waals surface area contributed by atoms with Crippen molar-refractivity contribution < 1.29 is 14.3 Å². The topological polar surface area (TPSA) is 98.5 Å². The molecule has 0 aliphatic heterocycles. The second kappa shape index (κ2) is 8.27. The van der Waals surface area contributed by atoms with Crippen molar-refractivity contribution in [3.8, 4) is 0 Å². The number of aryl methyl sites for hydroxylation is 1.